The second-order valence-corrected chi connectivity index (χ2v) is 8.97. The molecule has 4 rings (SSSR count). The Morgan fingerprint density at radius 2 is 1.87 bits per heavy atom. The molecule has 0 unspecified atom stereocenters. The summed E-state index contributed by atoms with van der Waals surface area (Å²) in [6, 6.07) is 8.55. The van der Waals surface area contributed by atoms with Crippen molar-refractivity contribution < 1.29 is 18.0 Å². The number of alkyl halides is 3. The van der Waals surface area contributed by atoms with Crippen molar-refractivity contribution >= 4 is 11.6 Å². The largest absolute Gasteiger partial charge is 0.416 e. The summed E-state index contributed by atoms with van der Waals surface area (Å²) < 4.78 is 43.9. The Bertz CT molecular complexity index is 1440. The van der Waals surface area contributed by atoms with Crippen LogP contribution in [0.15, 0.2) is 48.8 Å². The van der Waals surface area contributed by atoms with Crippen LogP contribution in [0.4, 0.5) is 18.9 Å². The summed E-state index contributed by atoms with van der Waals surface area (Å²) in [5.74, 6) is -0.539. The molecule has 0 radical (unpaired) electrons. The minimum absolute atomic E-state index is 0.0625. The van der Waals surface area contributed by atoms with E-state index in [2.05, 4.69) is 31.4 Å². The Morgan fingerprint density at radius 1 is 1.08 bits per heavy atom. The van der Waals surface area contributed by atoms with E-state index in [0.717, 1.165) is 29.0 Å². The summed E-state index contributed by atoms with van der Waals surface area (Å²) in [7, 11) is 3.63. The molecule has 0 saturated heterocycles. The molecule has 9 nitrogen and oxygen atoms in total. The number of aryl methyl sites for hydroxylation is 2. The Labute approximate surface area is 218 Å². The normalized spacial score (nSPS) is 11.7. The molecule has 38 heavy (non-hydrogen) atoms. The van der Waals surface area contributed by atoms with Gasteiger partial charge in [0.2, 0.25) is 0 Å². The highest BCUT2D eigenvalue weighted by atomic mass is 19.4. The van der Waals surface area contributed by atoms with Crippen LogP contribution in [0.25, 0.3) is 16.9 Å². The number of anilines is 1. The first-order valence-corrected chi connectivity index (χ1v) is 12.0. The van der Waals surface area contributed by atoms with Gasteiger partial charge in [-0.05, 0) is 62.4 Å². The van der Waals surface area contributed by atoms with Gasteiger partial charge in [0, 0.05) is 49.2 Å². The first-order chi connectivity index (χ1) is 18.1. The number of hydrogen-bond donors (Lipinski definition) is 3. The first-order valence-electron chi connectivity index (χ1n) is 12.0. The fourth-order valence-electron chi connectivity index (χ4n) is 3.93. The molecule has 12 heteroatoms. The molecular formula is C26H29F3N8O. The van der Waals surface area contributed by atoms with Crippen molar-refractivity contribution in [2.24, 2.45) is 7.05 Å². The summed E-state index contributed by atoms with van der Waals surface area (Å²) in [6.07, 6.45) is -1.09. The smallest absolute Gasteiger partial charge is 0.322 e. The van der Waals surface area contributed by atoms with Crippen LogP contribution in [0.2, 0.25) is 0 Å². The Hall–Kier alpha value is -4.03. The van der Waals surface area contributed by atoms with Crippen LogP contribution in [0, 0.1) is 13.8 Å². The van der Waals surface area contributed by atoms with Crippen LogP contribution in [-0.2, 0) is 19.8 Å². The van der Waals surface area contributed by atoms with E-state index in [1.165, 1.54) is 6.07 Å². The number of rotatable bonds is 9. The predicted molar refractivity (Wildman–Crippen MR) is 138 cm³/mol. The number of likely N-dealkylation sites (N-methyl/N-ethyl adjacent to an activating group) is 1. The molecule has 3 N–H and O–H groups in total. The maximum Gasteiger partial charge on any atom is 0.416 e. The number of aromatic nitrogens is 5. The molecule has 0 spiro atoms. The minimum atomic E-state index is -4.55. The average molecular weight is 527 g/mol. The van der Waals surface area contributed by atoms with Gasteiger partial charge in [-0.1, -0.05) is 11.3 Å². The van der Waals surface area contributed by atoms with Crippen LogP contribution < -0.4 is 16.0 Å². The molecule has 4 aromatic rings. The summed E-state index contributed by atoms with van der Waals surface area (Å²) in [4.78, 5) is 13.1. The summed E-state index contributed by atoms with van der Waals surface area (Å²) in [5.41, 5.74) is 3.78. The number of carbonyl (C=O) groups is 1. The Morgan fingerprint density at radius 3 is 2.55 bits per heavy atom. The number of nitrogens with zero attached hydrogens (tertiary/aromatic N) is 5. The van der Waals surface area contributed by atoms with E-state index in [9.17, 15) is 18.0 Å². The van der Waals surface area contributed by atoms with E-state index in [0.29, 0.717) is 30.0 Å². The highest BCUT2D eigenvalue weighted by Crippen LogP contribution is 2.32. The summed E-state index contributed by atoms with van der Waals surface area (Å²) in [5, 5.41) is 21.3. The topological polar surface area (TPSA) is 102 Å². The van der Waals surface area contributed by atoms with E-state index < -0.39 is 17.6 Å². The molecule has 1 amide bonds. The van der Waals surface area contributed by atoms with Gasteiger partial charge in [0.05, 0.1) is 23.6 Å². The van der Waals surface area contributed by atoms with Crippen LogP contribution >= 0.6 is 0 Å². The number of amides is 1. The predicted octanol–water partition coefficient (Wildman–Crippen LogP) is 3.86. The van der Waals surface area contributed by atoms with Crippen molar-refractivity contribution in [1.82, 2.24) is 35.4 Å². The molecule has 0 fully saturated rings. The molecular weight excluding hydrogens is 497 g/mol. The zero-order valence-corrected chi connectivity index (χ0v) is 21.5. The lowest BCUT2D eigenvalue weighted by Gasteiger charge is -2.14. The van der Waals surface area contributed by atoms with Crippen molar-refractivity contribution in [3.05, 3.63) is 76.7 Å². The standard InChI is InChI=1S/C26H29F3N8O/c1-16-5-6-19(11-24(16)37-15-23(34-35-37)22-14-32-36(4)17(22)2)25(38)33-21-10-18(13-31-8-7-30-3)9-20(12-21)26(27,28)29/h5-6,9-12,14-15,30-31H,7-8,13H2,1-4H3,(H,33,38). The molecule has 0 saturated carbocycles. The summed E-state index contributed by atoms with van der Waals surface area (Å²) in [6.45, 7) is 5.29. The summed E-state index contributed by atoms with van der Waals surface area (Å²) >= 11 is 0. The fourth-order valence-corrected chi connectivity index (χ4v) is 3.93. The van der Waals surface area contributed by atoms with Gasteiger partial charge in [0.25, 0.3) is 5.91 Å². The molecule has 0 atom stereocenters. The molecule has 2 aromatic heterocycles. The van der Waals surface area contributed by atoms with Gasteiger partial charge in [0.1, 0.15) is 5.69 Å². The number of hydrogen-bond acceptors (Lipinski definition) is 6. The lowest BCUT2D eigenvalue weighted by molar-refractivity contribution is -0.137. The second kappa shape index (κ2) is 11.2. The van der Waals surface area contributed by atoms with Crippen molar-refractivity contribution in [2.75, 3.05) is 25.5 Å². The van der Waals surface area contributed by atoms with Gasteiger partial charge in [-0.15, -0.1) is 5.10 Å². The Kier molecular flexibility index (Phi) is 7.93. The lowest BCUT2D eigenvalue weighted by Crippen LogP contribution is -2.24. The quantitative estimate of drug-likeness (QED) is 0.286. The molecule has 2 aromatic carbocycles. The number of halogens is 3. The van der Waals surface area contributed by atoms with Gasteiger partial charge < -0.3 is 16.0 Å². The average Bonchev–Trinajstić information content (AvgIpc) is 3.48. The molecule has 2 heterocycles. The minimum Gasteiger partial charge on any atom is -0.322 e. The second-order valence-electron chi connectivity index (χ2n) is 8.97. The fraction of sp³-hybridized carbons (Fsp3) is 0.308. The first kappa shape index (κ1) is 27.0. The molecule has 0 aliphatic heterocycles. The highest BCUT2D eigenvalue weighted by Gasteiger charge is 2.31. The van der Waals surface area contributed by atoms with Crippen LogP contribution in [0.3, 0.4) is 0 Å². The van der Waals surface area contributed by atoms with Gasteiger partial charge in [-0.3, -0.25) is 9.48 Å². The van der Waals surface area contributed by atoms with Crippen LogP contribution in [-0.4, -0.2) is 50.8 Å². The van der Waals surface area contributed by atoms with E-state index in [1.54, 1.807) is 47.0 Å². The van der Waals surface area contributed by atoms with Gasteiger partial charge in [-0.25, -0.2) is 4.68 Å². The van der Waals surface area contributed by atoms with Gasteiger partial charge in [-0.2, -0.15) is 18.3 Å². The van der Waals surface area contributed by atoms with Crippen molar-refractivity contribution in [1.29, 1.82) is 0 Å². The maximum atomic E-state index is 13.5. The van der Waals surface area contributed by atoms with E-state index in [-0.39, 0.29) is 17.8 Å². The van der Waals surface area contributed by atoms with E-state index in [1.807, 2.05) is 20.9 Å². The third-order valence-electron chi connectivity index (χ3n) is 6.18. The van der Waals surface area contributed by atoms with E-state index in [4.69, 9.17) is 0 Å². The third-order valence-corrected chi connectivity index (χ3v) is 6.18. The van der Waals surface area contributed by atoms with E-state index >= 15 is 0 Å². The number of benzene rings is 2. The highest BCUT2D eigenvalue weighted by molar-refractivity contribution is 6.04. The van der Waals surface area contributed by atoms with Gasteiger partial charge >= 0.3 is 6.18 Å². The van der Waals surface area contributed by atoms with Gasteiger partial charge in [0.15, 0.2) is 0 Å². The number of nitrogens with one attached hydrogen (secondary N) is 3. The zero-order valence-electron chi connectivity index (χ0n) is 21.5. The van der Waals surface area contributed by atoms with Crippen LogP contribution in [0.5, 0.6) is 0 Å². The van der Waals surface area contributed by atoms with Crippen LogP contribution in [0.1, 0.15) is 32.7 Å². The lowest BCUT2D eigenvalue weighted by atomic mass is 10.1. The van der Waals surface area contributed by atoms with Crippen molar-refractivity contribution in [3.63, 3.8) is 0 Å². The third kappa shape index (κ3) is 6.09. The SMILES string of the molecule is CNCCNCc1cc(NC(=O)c2ccc(C)c(-n3cc(-c4cnn(C)c4C)nn3)c2)cc(C(F)(F)F)c1. The van der Waals surface area contributed by atoms with Crippen molar-refractivity contribution in [2.45, 2.75) is 26.6 Å². The number of carbonyl (C=O) groups excluding carboxylic acids is 1. The zero-order chi connectivity index (χ0) is 27.4. The van der Waals surface area contributed by atoms with Crippen molar-refractivity contribution in [3.8, 4) is 16.9 Å². The maximum absolute atomic E-state index is 13.5. The monoisotopic (exact) mass is 526 g/mol. The molecule has 200 valence electrons. The molecule has 0 aliphatic rings. The molecule has 0 bridgehead atoms. The molecule has 0 aliphatic carbocycles. The Balaban J connectivity index is 1.58.